The van der Waals surface area contributed by atoms with Gasteiger partial charge in [-0.3, -0.25) is 0 Å². The van der Waals surface area contributed by atoms with Crippen molar-refractivity contribution in [1.82, 2.24) is 0 Å². The van der Waals surface area contributed by atoms with Gasteiger partial charge in [0.05, 0.1) is 0 Å². The minimum absolute atomic E-state index is 0. The second-order valence-electron chi connectivity index (χ2n) is 0. The molecule has 15 heteroatoms. The van der Waals surface area contributed by atoms with Crippen LogP contribution in [0.5, 0.6) is 0 Å². The maximum Gasteiger partial charge on any atom is 5.00 e. The zero-order chi connectivity index (χ0) is 0. The summed E-state index contributed by atoms with van der Waals surface area (Å²) in [5.41, 5.74) is 0. The molecule has 0 N–H and O–H groups in total. The van der Waals surface area contributed by atoms with E-state index in [0.717, 1.165) is 0 Å². The normalized spacial score (nSPS) is 0. The molecule has 0 aromatic heterocycles. The monoisotopic (exact) mass is 874 g/mol. The summed E-state index contributed by atoms with van der Waals surface area (Å²) in [6.07, 6.45) is 0. The maximum absolute atomic E-state index is 0. The topological polar surface area (TPSA) is 256 Å². The molecule has 0 spiro atoms. The van der Waals surface area contributed by atoms with E-state index < -0.39 is 0 Å². The van der Waals surface area contributed by atoms with Crippen molar-refractivity contribution < 1.29 is 133 Å². The van der Waals surface area contributed by atoms with E-state index in [4.69, 9.17) is 0 Å². The average molecular weight is 875 g/mol. The molecule has 0 aliphatic rings. The van der Waals surface area contributed by atoms with E-state index in [0.29, 0.717) is 0 Å². The van der Waals surface area contributed by atoms with E-state index in [-0.39, 0.29) is 188 Å². The summed E-state index contributed by atoms with van der Waals surface area (Å²) in [4.78, 5) is 0. The molecular formula is Nb2O9Pb2Zn2. The second-order valence-corrected chi connectivity index (χ2v) is 0. The van der Waals surface area contributed by atoms with Crippen molar-refractivity contribution in [1.29, 1.82) is 0 Å². The van der Waals surface area contributed by atoms with E-state index in [2.05, 4.69) is 0 Å². The molecule has 0 aliphatic heterocycles. The third kappa shape index (κ3) is 270. The molecule has 0 rings (SSSR count). The first-order valence-corrected chi connectivity index (χ1v) is 0. The molecule has 0 bridgehead atoms. The van der Waals surface area contributed by atoms with Gasteiger partial charge < -0.3 is 49.3 Å². The van der Waals surface area contributed by atoms with Crippen LogP contribution in [0, 0.1) is 0 Å². The van der Waals surface area contributed by atoms with Gasteiger partial charge in [0, 0.05) is 0 Å². The molecule has 0 aromatic carbocycles. The van der Waals surface area contributed by atoms with Crippen LogP contribution in [0.25, 0.3) is 0 Å². The molecule has 9 nitrogen and oxygen atoms in total. The summed E-state index contributed by atoms with van der Waals surface area (Å²) in [6, 6.07) is 0. The van der Waals surface area contributed by atoms with Gasteiger partial charge in [-0.1, -0.05) is 0 Å². The van der Waals surface area contributed by atoms with E-state index in [9.17, 15) is 0 Å². The van der Waals surface area contributed by atoms with Gasteiger partial charge in [-0.2, -0.15) is 0 Å². The van der Waals surface area contributed by atoms with Crippen molar-refractivity contribution in [3.8, 4) is 0 Å². The molecule has 4 radical (unpaired) electrons. The Kier molecular flexibility index (Phi) is 7280. The Bertz CT molecular complexity index is 24.1. The molecule has 0 heterocycles. The van der Waals surface area contributed by atoms with Crippen molar-refractivity contribution in [2.75, 3.05) is 0 Å². The molecule has 0 saturated carbocycles. The zero-order valence-corrected chi connectivity index (χ0v) is 25.1. The summed E-state index contributed by atoms with van der Waals surface area (Å²) in [5, 5.41) is 0. The first-order valence-electron chi connectivity index (χ1n) is 0. The quantitative estimate of drug-likeness (QED) is 0.243. The minimum Gasteiger partial charge on any atom is -2.00 e. The Hall–Kier alpha value is 4.21. The van der Waals surface area contributed by atoms with E-state index in [1.807, 2.05) is 0 Å². The van der Waals surface area contributed by atoms with Crippen molar-refractivity contribution >= 4 is 54.6 Å². The Labute approximate surface area is 184 Å². The standard InChI is InChI=1S/2Nb.9O.2Pb.2Zn/q2*+5;9*-2;4*+2. The summed E-state index contributed by atoms with van der Waals surface area (Å²) in [7, 11) is 0. The first-order chi connectivity index (χ1) is 0. The molecule has 0 atom stereocenters. The van der Waals surface area contributed by atoms with Crippen molar-refractivity contribution in [3.63, 3.8) is 0 Å². The predicted octanol–water partition coefficient (Wildman–Crippen LogP) is -1.84. The summed E-state index contributed by atoms with van der Waals surface area (Å²) >= 11 is 0. The van der Waals surface area contributed by atoms with Crippen LogP contribution in [0.1, 0.15) is 0 Å². The molecule has 0 fully saturated rings. The van der Waals surface area contributed by atoms with Crippen LogP contribution in [0.2, 0.25) is 0 Å². The van der Waals surface area contributed by atoms with Crippen molar-refractivity contribution in [3.05, 3.63) is 0 Å². The van der Waals surface area contributed by atoms with Crippen LogP contribution in [-0.4, -0.2) is 54.6 Å². The molecular weight excluding hydrogens is 875 g/mol. The molecule has 0 aliphatic carbocycles. The van der Waals surface area contributed by atoms with Crippen LogP contribution < -0.4 is 0 Å². The average Bonchev–Trinajstić information content (AvgIpc) is 0. The molecule has 0 amide bonds. The van der Waals surface area contributed by atoms with Gasteiger partial charge in [0.2, 0.25) is 0 Å². The SMILES string of the molecule is [Nb+5].[Nb+5].[O-2].[O-2].[O-2].[O-2].[O-2].[O-2].[O-2].[O-2].[O-2].[Pb+2].[Pb+2].[Zn+2].[Zn+2]. The van der Waals surface area contributed by atoms with Crippen LogP contribution in [0.3, 0.4) is 0 Å². The van der Waals surface area contributed by atoms with E-state index >= 15 is 0 Å². The van der Waals surface area contributed by atoms with Gasteiger partial charge in [0.25, 0.3) is 0 Å². The summed E-state index contributed by atoms with van der Waals surface area (Å²) in [5.74, 6) is 0. The smallest absolute Gasteiger partial charge is 2.00 e. The van der Waals surface area contributed by atoms with Gasteiger partial charge in [-0.25, -0.2) is 0 Å². The van der Waals surface area contributed by atoms with Crippen LogP contribution >= 0.6 is 0 Å². The van der Waals surface area contributed by atoms with Crippen LogP contribution in [0.4, 0.5) is 0 Å². The maximum atomic E-state index is 0. The van der Waals surface area contributed by atoms with E-state index in [1.165, 1.54) is 0 Å². The summed E-state index contributed by atoms with van der Waals surface area (Å²) < 4.78 is 0. The third-order valence-corrected chi connectivity index (χ3v) is 0. The molecule has 15 heavy (non-hydrogen) atoms. The number of rotatable bonds is 0. The Morgan fingerprint density at radius 3 is 0.267 bits per heavy atom. The van der Waals surface area contributed by atoms with Gasteiger partial charge in [-0.05, 0) is 0 Å². The predicted molar refractivity (Wildman–Crippen MR) is 17.7 cm³/mol. The van der Waals surface area contributed by atoms with Gasteiger partial charge in [0.1, 0.15) is 0 Å². The first kappa shape index (κ1) is 359. The third-order valence-electron chi connectivity index (χ3n) is 0. The Balaban J connectivity index is 0. The van der Waals surface area contributed by atoms with Gasteiger partial charge in [0.15, 0.2) is 0 Å². The fourth-order valence-corrected chi connectivity index (χ4v) is 0. The second kappa shape index (κ2) is 304. The molecule has 0 aromatic rings. The van der Waals surface area contributed by atoms with Crippen molar-refractivity contribution in [2.45, 2.75) is 0 Å². The molecule has 0 saturated heterocycles. The Morgan fingerprint density at radius 2 is 0.267 bits per heavy atom. The molecule has 76 valence electrons. The van der Waals surface area contributed by atoms with Gasteiger partial charge >= 0.3 is 138 Å². The zero-order valence-electron chi connectivity index (χ0n) is 6.98. The van der Waals surface area contributed by atoms with Crippen LogP contribution in [-0.2, 0) is 133 Å². The Morgan fingerprint density at radius 1 is 0.267 bits per heavy atom. The fourth-order valence-electron chi connectivity index (χ4n) is 0. The van der Waals surface area contributed by atoms with Crippen LogP contribution in [0.15, 0.2) is 0 Å². The minimum atomic E-state index is 0. The molecule has 0 unspecified atom stereocenters. The van der Waals surface area contributed by atoms with Crippen molar-refractivity contribution in [2.24, 2.45) is 0 Å². The summed E-state index contributed by atoms with van der Waals surface area (Å²) in [6.45, 7) is 0. The van der Waals surface area contributed by atoms with E-state index in [1.54, 1.807) is 0 Å². The fraction of sp³-hybridized carbons (Fsp3) is 0. The number of hydrogen-bond donors (Lipinski definition) is 0. The number of hydrogen-bond acceptors (Lipinski definition) is 0. The largest absolute Gasteiger partial charge is 5.00 e. The van der Waals surface area contributed by atoms with Gasteiger partial charge in [-0.15, -0.1) is 0 Å².